The minimum absolute atomic E-state index is 0.0795. The standard InChI is InChI=1S/C17H33NO3/c1-6-16(4,5)21-13-11-14-10-9-12-17(14,18-7-2)15(19)20-8-3/h14,18H,6-13H2,1-5H3. The van der Waals surface area contributed by atoms with Crippen molar-refractivity contribution in [2.45, 2.75) is 77.9 Å². The first-order chi connectivity index (χ1) is 9.91. The lowest BCUT2D eigenvalue weighted by molar-refractivity contribution is -0.153. The second kappa shape index (κ2) is 8.14. The Hall–Kier alpha value is -0.610. The van der Waals surface area contributed by atoms with Crippen LogP contribution in [-0.2, 0) is 14.3 Å². The lowest BCUT2D eigenvalue weighted by Crippen LogP contribution is -2.55. The number of hydrogen-bond acceptors (Lipinski definition) is 4. The van der Waals surface area contributed by atoms with Gasteiger partial charge in [-0.2, -0.15) is 0 Å². The first-order valence-corrected chi connectivity index (χ1v) is 8.48. The Morgan fingerprint density at radius 3 is 2.62 bits per heavy atom. The Morgan fingerprint density at radius 1 is 1.33 bits per heavy atom. The Balaban J connectivity index is 2.67. The number of hydrogen-bond donors (Lipinski definition) is 1. The van der Waals surface area contributed by atoms with E-state index in [1.807, 2.05) is 13.8 Å². The Bertz CT molecular complexity index is 330. The Kier molecular flexibility index (Phi) is 7.14. The molecular formula is C17H33NO3. The molecule has 0 aromatic rings. The van der Waals surface area contributed by atoms with Gasteiger partial charge in [-0.1, -0.05) is 20.3 Å². The summed E-state index contributed by atoms with van der Waals surface area (Å²) in [6.07, 6.45) is 4.93. The van der Waals surface area contributed by atoms with Crippen molar-refractivity contribution >= 4 is 5.97 Å². The lowest BCUT2D eigenvalue weighted by atomic mass is 9.84. The smallest absolute Gasteiger partial charge is 0.326 e. The zero-order valence-electron chi connectivity index (χ0n) is 14.5. The molecule has 1 fully saturated rings. The van der Waals surface area contributed by atoms with Crippen LogP contribution in [-0.4, -0.2) is 36.9 Å². The molecule has 4 heteroatoms. The van der Waals surface area contributed by atoms with Crippen LogP contribution in [0, 0.1) is 5.92 Å². The summed E-state index contributed by atoms with van der Waals surface area (Å²) in [6, 6.07) is 0. The van der Waals surface area contributed by atoms with Crippen LogP contribution in [0.3, 0.4) is 0 Å². The molecule has 4 nitrogen and oxygen atoms in total. The summed E-state index contributed by atoms with van der Waals surface area (Å²) in [7, 11) is 0. The molecule has 124 valence electrons. The molecule has 2 atom stereocenters. The van der Waals surface area contributed by atoms with Crippen LogP contribution in [0.2, 0.25) is 0 Å². The molecule has 0 radical (unpaired) electrons. The van der Waals surface area contributed by atoms with E-state index in [0.29, 0.717) is 19.1 Å². The van der Waals surface area contributed by atoms with E-state index in [4.69, 9.17) is 9.47 Å². The van der Waals surface area contributed by atoms with E-state index in [2.05, 4.69) is 26.1 Å². The van der Waals surface area contributed by atoms with E-state index in [1.54, 1.807) is 0 Å². The van der Waals surface area contributed by atoms with Crippen molar-refractivity contribution in [3.63, 3.8) is 0 Å². The van der Waals surface area contributed by atoms with Gasteiger partial charge in [-0.15, -0.1) is 0 Å². The second-order valence-corrected chi connectivity index (χ2v) is 6.56. The third-order valence-electron chi connectivity index (χ3n) is 4.76. The van der Waals surface area contributed by atoms with Crippen molar-refractivity contribution in [3.05, 3.63) is 0 Å². The number of carbonyl (C=O) groups excluding carboxylic acids is 1. The van der Waals surface area contributed by atoms with E-state index in [-0.39, 0.29) is 11.6 Å². The average Bonchev–Trinajstić information content (AvgIpc) is 2.84. The van der Waals surface area contributed by atoms with Crippen molar-refractivity contribution in [1.29, 1.82) is 0 Å². The molecule has 0 amide bonds. The molecular weight excluding hydrogens is 266 g/mol. The predicted molar refractivity (Wildman–Crippen MR) is 85.3 cm³/mol. The minimum Gasteiger partial charge on any atom is -0.465 e. The first kappa shape index (κ1) is 18.4. The highest BCUT2D eigenvalue weighted by atomic mass is 16.5. The van der Waals surface area contributed by atoms with Crippen molar-refractivity contribution in [2.24, 2.45) is 5.92 Å². The molecule has 2 unspecified atom stereocenters. The third-order valence-corrected chi connectivity index (χ3v) is 4.76. The molecule has 1 saturated carbocycles. The molecule has 1 N–H and O–H groups in total. The fourth-order valence-electron chi connectivity index (χ4n) is 3.20. The van der Waals surface area contributed by atoms with Gasteiger partial charge in [-0.3, -0.25) is 4.79 Å². The number of rotatable bonds is 9. The van der Waals surface area contributed by atoms with Gasteiger partial charge in [0, 0.05) is 6.61 Å². The highest BCUT2D eigenvalue weighted by Gasteiger charge is 2.49. The van der Waals surface area contributed by atoms with Crippen LogP contribution in [0.15, 0.2) is 0 Å². The van der Waals surface area contributed by atoms with Crippen molar-refractivity contribution < 1.29 is 14.3 Å². The molecule has 0 aliphatic heterocycles. The molecule has 1 aliphatic carbocycles. The fourth-order valence-corrected chi connectivity index (χ4v) is 3.20. The molecule has 0 saturated heterocycles. The molecule has 0 heterocycles. The molecule has 1 aliphatic rings. The molecule has 0 bridgehead atoms. The summed E-state index contributed by atoms with van der Waals surface area (Å²) in [5, 5.41) is 3.42. The first-order valence-electron chi connectivity index (χ1n) is 8.48. The number of likely N-dealkylation sites (N-methyl/N-ethyl adjacent to an activating group) is 1. The van der Waals surface area contributed by atoms with Crippen molar-refractivity contribution in [1.82, 2.24) is 5.32 Å². The van der Waals surface area contributed by atoms with Crippen molar-refractivity contribution in [2.75, 3.05) is 19.8 Å². The SMILES string of the molecule is CCNC1(C(=O)OCC)CCCC1CCOC(C)(C)CC. The monoisotopic (exact) mass is 299 g/mol. The summed E-state index contributed by atoms with van der Waals surface area (Å²) >= 11 is 0. The molecule has 21 heavy (non-hydrogen) atoms. The van der Waals surface area contributed by atoms with Crippen LogP contribution in [0.4, 0.5) is 0 Å². The third kappa shape index (κ3) is 4.68. The van der Waals surface area contributed by atoms with E-state index in [9.17, 15) is 4.79 Å². The molecule has 0 aromatic carbocycles. The van der Waals surface area contributed by atoms with Gasteiger partial charge < -0.3 is 14.8 Å². The van der Waals surface area contributed by atoms with Gasteiger partial charge in [0.05, 0.1) is 12.2 Å². The van der Waals surface area contributed by atoms with Gasteiger partial charge in [0.2, 0.25) is 0 Å². The van der Waals surface area contributed by atoms with Gasteiger partial charge in [0.25, 0.3) is 0 Å². The zero-order chi connectivity index (χ0) is 15.9. The van der Waals surface area contributed by atoms with Gasteiger partial charge in [-0.05, 0) is 58.9 Å². The summed E-state index contributed by atoms with van der Waals surface area (Å²) in [5.41, 5.74) is -0.576. The predicted octanol–water partition coefficient (Wildman–Crippen LogP) is 3.29. The molecule has 0 aromatic heterocycles. The van der Waals surface area contributed by atoms with Gasteiger partial charge in [0.15, 0.2) is 0 Å². The Morgan fingerprint density at radius 2 is 2.05 bits per heavy atom. The summed E-state index contributed by atoms with van der Waals surface area (Å²) in [6.45, 7) is 12.2. The largest absolute Gasteiger partial charge is 0.465 e. The fraction of sp³-hybridized carbons (Fsp3) is 0.941. The van der Waals surface area contributed by atoms with E-state index in [0.717, 1.165) is 38.6 Å². The topological polar surface area (TPSA) is 47.6 Å². The number of ether oxygens (including phenoxy) is 2. The number of nitrogens with one attached hydrogen (secondary N) is 1. The normalized spacial score (nSPS) is 26.0. The van der Waals surface area contributed by atoms with E-state index < -0.39 is 5.54 Å². The lowest BCUT2D eigenvalue weighted by Gasteiger charge is -2.34. The van der Waals surface area contributed by atoms with Crippen LogP contribution in [0.1, 0.15) is 66.7 Å². The highest BCUT2D eigenvalue weighted by Crippen LogP contribution is 2.39. The van der Waals surface area contributed by atoms with Gasteiger partial charge in [-0.25, -0.2) is 0 Å². The van der Waals surface area contributed by atoms with Crippen LogP contribution in [0.25, 0.3) is 0 Å². The van der Waals surface area contributed by atoms with Crippen LogP contribution in [0.5, 0.6) is 0 Å². The maximum Gasteiger partial charge on any atom is 0.326 e. The summed E-state index contributed by atoms with van der Waals surface area (Å²) < 4.78 is 11.3. The minimum atomic E-state index is -0.496. The summed E-state index contributed by atoms with van der Waals surface area (Å²) in [4.78, 5) is 12.5. The molecule has 0 spiro atoms. The van der Waals surface area contributed by atoms with Crippen LogP contribution < -0.4 is 5.32 Å². The zero-order valence-corrected chi connectivity index (χ0v) is 14.5. The van der Waals surface area contributed by atoms with Crippen LogP contribution >= 0.6 is 0 Å². The highest BCUT2D eigenvalue weighted by molar-refractivity contribution is 5.81. The number of esters is 1. The summed E-state index contributed by atoms with van der Waals surface area (Å²) in [5.74, 6) is 0.230. The quantitative estimate of drug-likeness (QED) is 0.664. The van der Waals surface area contributed by atoms with E-state index in [1.165, 1.54) is 0 Å². The van der Waals surface area contributed by atoms with Gasteiger partial charge in [0.1, 0.15) is 5.54 Å². The average molecular weight is 299 g/mol. The number of carbonyl (C=O) groups is 1. The Labute approximate surface area is 130 Å². The molecule has 1 rings (SSSR count). The van der Waals surface area contributed by atoms with Crippen molar-refractivity contribution in [3.8, 4) is 0 Å². The van der Waals surface area contributed by atoms with Gasteiger partial charge >= 0.3 is 5.97 Å². The maximum absolute atomic E-state index is 12.5. The second-order valence-electron chi connectivity index (χ2n) is 6.56. The van der Waals surface area contributed by atoms with E-state index >= 15 is 0 Å². The maximum atomic E-state index is 12.5.